The minimum atomic E-state index is 0.00322. The van der Waals surface area contributed by atoms with Gasteiger partial charge in [-0.25, -0.2) is 0 Å². The fourth-order valence-corrected chi connectivity index (χ4v) is 3.39. The zero-order chi connectivity index (χ0) is 14.9. The summed E-state index contributed by atoms with van der Waals surface area (Å²) in [5.41, 5.74) is 0. The van der Waals surface area contributed by atoms with E-state index in [-0.39, 0.29) is 5.91 Å². The van der Waals surface area contributed by atoms with Crippen molar-refractivity contribution in [3.8, 4) is 0 Å². The van der Waals surface area contributed by atoms with E-state index in [4.69, 9.17) is 0 Å². The summed E-state index contributed by atoms with van der Waals surface area (Å²) in [7, 11) is 0. The van der Waals surface area contributed by atoms with E-state index in [1.54, 1.807) is 12.2 Å². The highest BCUT2D eigenvalue weighted by atomic mass is 32.1. The largest absolute Gasteiger partial charge is 0.352 e. The van der Waals surface area contributed by atoms with E-state index in [0.717, 1.165) is 19.6 Å². The van der Waals surface area contributed by atoms with Gasteiger partial charge in [0.25, 0.3) is 0 Å². The maximum atomic E-state index is 11.7. The standard InChI is InChI=1S/C17H24N2OS/c1-2-3-4-9-17(20)18-12-15-7-5-10-19(13-15)14-16-8-6-11-21-16/h2-4,6,8-9,11,15H,5,7,10,12-14H2,1H3,(H,18,20)/b3-2+,9-4+/t15-/m0/s1. The highest BCUT2D eigenvalue weighted by molar-refractivity contribution is 7.09. The number of hydrogen-bond acceptors (Lipinski definition) is 3. The molecule has 21 heavy (non-hydrogen) atoms. The van der Waals surface area contributed by atoms with Crippen LogP contribution in [0.5, 0.6) is 0 Å². The molecule has 0 radical (unpaired) electrons. The normalized spacial score (nSPS) is 20.3. The molecular weight excluding hydrogens is 280 g/mol. The monoisotopic (exact) mass is 304 g/mol. The molecule has 0 saturated carbocycles. The van der Waals surface area contributed by atoms with Crippen LogP contribution in [0.2, 0.25) is 0 Å². The van der Waals surface area contributed by atoms with Crippen LogP contribution in [0.25, 0.3) is 0 Å². The van der Waals surface area contributed by atoms with E-state index in [1.165, 1.54) is 24.3 Å². The van der Waals surface area contributed by atoms with Gasteiger partial charge in [0.05, 0.1) is 0 Å². The Labute approximate surface area is 131 Å². The number of thiophene rings is 1. The van der Waals surface area contributed by atoms with Crippen LogP contribution in [0.3, 0.4) is 0 Å². The lowest BCUT2D eigenvalue weighted by Gasteiger charge is -2.32. The van der Waals surface area contributed by atoms with Crippen LogP contribution in [0.4, 0.5) is 0 Å². The maximum absolute atomic E-state index is 11.7. The van der Waals surface area contributed by atoms with Crippen molar-refractivity contribution >= 4 is 17.2 Å². The summed E-state index contributed by atoms with van der Waals surface area (Å²) >= 11 is 1.82. The van der Waals surface area contributed by atoms with Crippen molar-refractivity contribution in [3.05, 3.63) is 46.7 Å². The van der Waals surface area contributed by atoms with Crippen molar-refractivity contribution in [2.75, 3.05) is 19.6 Å². The number of amides is 1. The van der Waals surface area contributed by atoms with Crippen molar-refractivity contribution in [1.29, 1.82) is 0 Å². The van der Waals surface area contributed by atoms with Crippen LogP contribution in [0.15, 0.2) is 41.8 Å². The number of likely N-dealkylation sites (tertiary alicyclic amines) is 1. The second kappa shape index (κ2) is 8.80. The van der Waals surface area contributed by atoms with Gasteiger partial charge in [0.2, 0.25) is 5.91 Å². The molecule has 1 atom stereocenters. The van der Waals surface area contributed by atoms with Gasteiger partial charge in [0.1, 0.15) is 0 Å². The Morgan fingerprint density at radius 2 is 2.43 bits per heavy atom. The Hall–Kier alpha value is -1.39. The number of piperidine rings is 1. The summed E-state index contributed by atoms with van der Waals surface area (Å²) < 4.78 is 0. The van der Waals surface area contributed by atoms with Crippen LogP contribution in [0, 0.1) is 5.92 Å². The van der Waals surface area contributed by atoms with E-state index in [0.29, 0.717) is 5.92 Å². The number of nitrogens with zero attached hydrogens (tertiary/aromatic N) is 1. The number of rotatable bonds is 6. The molecule has 1 fully saturated rings. The molecule has 0 aliphatic carbocycles. The van der Waals surface area contributed by atoms with Gasteiger partial charge >= 0.3 is 0 Å². The highest BCUT2D eigenvalue weighted by Crippen LogP contribution is 2.19. The summed E-state index contributed by atoms with van der Waals surface area (Å²) in [6.07, 6.45) is 9.57. The lowest BCUT2D eigenvalue weighted by molar-refractivity contribution is -0.116. The number of nitrogens with one attached hydrogen (secondary N) is 1. The van der Waals surface area contributed by atoms with E-state index >= 15 is 0 Å². The number of carbonyl (C=O) groups is 1. The molecule has 1 aliphatic heterocycles. The lowest BCUT2D eigenvalue weighted by atomic mass is 9.98. The first-order valence-electron chi connectivity index (χ1n) is 7.60. The Bertz CT molecular complexity index is 479. The van der Waals surface area contributed by atoms with Gasteiger partial charge in [0, 0.05) is 30.6 Å². The van der Waals surface area contributed by atoms with Crippen LogP contribution in [0.1, 0.15) is 24.6 Å². The predicted octanol–water partition coefficient (Wildman–Crippen LogP) is 3.21. The minimum absolute atomic E-state index is 0.00322. The second-order valence-corrected chi connectivity index (χ2v) is 6.49. The van der Waals surface area contributed by atoms with Crippen LogP contribution in [-0.4, -0.2) is 30.4 Å². The van der Waals surface area contributed by atoms with E-state index in [9.17, 15) is 4.79 Å². The smallest absolute Gasteiger partial charge is 0.243 e. The quantitative estimate of drug-likeness (QED) is 0.646. The van der Waals surface area contributed by atoms with Crippen molar-refractivity contribution in [3.63, 3.8) is 0 Å². The summed E-state index contributed by atoms with van der Waals surface area (Å²) in [5.74, 6) is 0.571. The molecule has 0 aromatic carbocycles. The van der Waals surface area contributed by atoms with Gasteiger partial charge < -0.3 is 5.32 Å². The van der Waals surface area contributed by atoms with Gasteiger partial charge in [-0.15, -0.1) is 11.3 Å². The summed E-state index contributed by atoms with van der Waals surface area (Å²) in [4.78, 5) is 15.6. The molecule has 1 aliphatic rings. The number of hydrogen-bond donors (Lipinski definition) is 1. The first-order valence-corrected chi connectivity index (χ1v) is 8.48. The Balaban J connectivity index is 1.72. The van der Waals surface area contributed by atoms with Crippen LogP contribution >= 0.6 is 11.3 Å². The molecule has 0 spiro atoms. The minimum Gasteiger partial charge on any atom is -0.352 e. The molecule has 1 aromatic heterocycles. The second-order valence-electron chi connectivity index (χ2n) is 5.45. The molecule has 114 valence electrons. The third-order valence-electron chi connectivity index (χ3n) is 3.68. The van der Waals surface area contributed by atoms with Crippen molar-refractivity contribution < 1.29 is 4.79 Å². The predicted molar refractivity (Wildman–Crippen MR) is 89.3 cm³/mol. The third-order valence-corrected chi connectivity index (χ3v) is 4.54. The van der Waals surface area contributed by atoms with E-state index in [2.05, 4.69) is 27.7 Å². The molecule has 1 saturated heterocycles. The first-order chi connectivity index (χ1) is 10.3. The highest BCUT2D eigenvalue weighted by Gasteiger charge is 2.20. The molecule has 2 rings (SSSR count). The van der Waals surface area contributed by atoms with E-state index in [1.807, 2.05) is 30.4 Å². The molecule has 2 heterocycles. The molecule has 0 bridgehead atoms. The molecule has 1 amide bonds. The molecule has 3 nitrogen and oxygen atoms in total. The van der Waals surface area contributed by atoms with Crippen molar-refractivity contribution in [2.45, 2.75) is 26.3 Å². The lowest BCUT2D eigenvalue weighted by Crippen LogP contribution is -2.40. The SMILES string of the molecule is C/C=C/C=C/C(=O)NC[C@@H]1CCCN(Cc2cccs2)C1. The zero-order valence-electron chi connectivity index (χ0n) is 12.6. The Morgan fingerprint density at radius 3 is 3.19 bits per heavy atom. The average molecular weight is 304 g/mol. The fourth-order valence-electron chi connectivity index (χ4n) is 2.64. The van der Waals surface area contributed by atoms with Crippen LogP contribution < -0.4 is 5.32 Å². The summed E-state index contributed by atoms with van der Waals surface area (Å²) in [5, 5.41) is 5.14. The third kappa shape index (κ3) is 5.86. The molecule has 1 N–H and O–H groups in total. The molecule has 1 aromatic rings. The van der Waals surface area contributed by atoms with Gasteiger partial charge in [-0.3, -0.25) is 9.69 Å². The summed E-state index contributed by atoms with van der Waals surface area (Å²) in [6, 6.07) is 4.31. The Morgan fingerprint density at radius 1 is 1.52 bits per heavy atom. The first kappa shape index (κ1) is 16.0. The maximum Gasteiger partial charge on any atom is 0.243 e. The van der Waals surface area contributed by atoms with Gasteiger partial charge in [-0.05, 0) is 43.7 Å². The zero-order valence-corrected chi connectivity index (χ0v) is 13.4. The fraction of sp³-hybridized carbons (Fsp3) is 0.471. The van der Waals surface area contributed by atoms with Crippen molar-refractivity contribution in [2.24, 2.45) is 5.92 Å². The van der Waals surface area contributed by atoms with Gasteiger partial charge in [-0.2, -0.15) is 0 Å². The van der Waals surface area contributed by atoms with Gasteiger partial charge in [0.15, 0.2) is 0 Å². The topological polar surface area (TPSA) is 32.3 Å². The Kier molecular flexibility index (Phi) is 6.70. The molecule has 4 heteroatoms. The molecular formula is C17H24N2OS. The van der Waals surface area contributed by atoms with E-state index < -0.39 is 0 Å². The van der Waals surface area contributed by atoms with Crippen LogP contribution in [-0.2, 0) is 11.3 Å². The average Bonchev–Trinajstić information content (AvgIpc) is 2.99. The number of carbonyl (C=O) groups excluding carboxylic acids is 1. The van der Waals surface area contributed by atoms with Gasteiger partial charge in [-0.1, -0.05) is 24.3 Å². The summed E-state index contributed by atoms with van der Waals surface area (Å²) in [6.45, 7) is 6.01. The molecule has 0 unspecified atom stereocenters. The van der Waals surface area contributed by atoms with Crippen molar-refractivity contribution in [1.82, 2.24) is 10.2 Å². The number of allylic oxidation sites excluding steroid dienone is 3.